The molecule has 2 rings (SSSR count). The van der Waals surface area contributed by atoms with E-state index in [0.717, 1.165) is 0 Å². The molecule has 1 aliphatic rings. The molecule has 1 aliphatic heterocycles. The third-order valence-electron chi connectivity index (χ3n) is 3.97. The van der Waals surface area contributed by atoms with Crippen molar-refractivity contribution in [1.82, 2.24) is 9.55 Å². The fourth-order valence-corrected chi connectivity index (χ4v) is 2.28. The number of esters is 1. The van der Waals surface area contributed by atoms with Crippen molar-refractivity contribution in [2.45, 2.75) is 44.2 Å². The van der Waals surface area contributed by atoms with Crippen molar-refractivity contribution in [3.63, 3.8) is 0 Å². The summed E-state index contributed by atoms with van der Waals surface area (Å²) in [5.41, 5.74) is 3.03. The van der Waals surface area contributed by atoms with Gasteiger partial charge in [-0.05, 0) is 5.92 Å². The van der Waals surface area contributed by atoms with Crippen LogP contribution in [0.25, 0.3) is 0 Å². The molecule has 1 aromatic heterocycles. The molecule has 10 nitrogen and oxygen atoms in total. The second kappa shape index (κ2) is 7.23. The zero-order chi connectivity index (χ0) is 19.8. The van der Waals surface area contributed by atoms with Crippen molar-refractivity contribution in [2.24, 2.45) is 11.7 Å². The number of aromatic nitrogens is 2. The summed E-state index contributed by atoms with van der Waals surface area (Å²) in [5, 5.41) is 19.8. The van der Waals surface area contributed by atoms with Crippen molar-refractivity contribution >= 4 is 5.97 Å². The second-order valence-electron chi connectivity index (χ2n) is 6.25. The van der Waals surface area contributed by atoms with Crippen molar-refractivity contribution in [3.05, 3.63) is 32.9 Å². The minimum atomic E-state index is -3.08. The molecule has 1 aromatic rings. The summed E-state index contributed by atoms with van der Waals surface area (Å²) in [4.78, 5) is 36.1. The predicted molar refractivity (Wildman–Crippen MR) is 81.0 cm³/mol. The van der Waals surface area contributed by atoms with E-state index in [1.807, 2.05) is 0 Å². The van der Waals surface area contributed by atoms with Gasteiger partial charge in [0.05, 0.1) is 6.20 Å². The van der Waals surface area contributed by atoms with Gasteiger partial charge in [-0.1, -0.05) is 13.8 Å². The van der Waals surface area contributed by atoms with Gasteiger partial charge in [-0.2, -0.15) is 4.39 Å². The number of rotatable bonds is 5. The number of carbonyl (C=O) groups excluding carboxylic acids is 1. The number of hydrogen-bond acceptors (Lipinski definition) is 8. The molecule has 1 fully saturated rings. The van der Waals surface area contributed by atoms with Gasteiger partial charge in [0, 0.05) is 0 Å². The molecule has 0 aliphatic carbocycles. The number of H-pyrrole nitrogens is 1. The molecule has 26 heavy (non-hydrogen) atoms. The van der Waals surface area contributed by atoms with E-state index in [0.29, 0.717) is 10.8 Å². The number of carbonyl (C=O) groups is 1. The molecular formula is C14H19F2N3O7. The molecule has 1 saturated heterocycles. The maximum Gasteiger partial charge on any atom is 0.330 e. The molecule has 0 spiro atoms. The normalized spacial score (nSPS) is 29.8. The lowest BCUT2D eigenvalue weighted by molar-refractivity contribution is -0.217. The Morgan fingerprint density at radius 1 is 1.50 bits per heavy atom. The average molecular weight is 379 g/mol. The zero-order valence-electron chi connectivity index (χ0n) is 13.9. The standard InChI is InChI=1S/C14H19F2N3O7/c1-5(2)7(17)12(23)25-4-14(16)9(21)8(20)11(26-14)19-3-6(15)10(22)18-13(19)24/h3,5,7-9,11,20-21H,4,17H2,1-2H3,(H,18,22,24)/t7-,8+,9-,11+,14+/m0/s1. The van der Waals surface area contributed by atoms with Gasteiger partial charge >= 0.3 is 11.7 Å². The van der Waals surface area contributed by atoms with Crippen LogP contribution in [-0.2, 0) is 14.3 Å². The Labute approximate surface area is 145 Å². The second-order valence-corrected chi connectivity index (χ2v) is 6.25. The Hall–Kier alpha value is -2.15. The largest absolute Gasteiger partial charge is 0.458 e. The zero-order valence-corrected chi connectivity index (χ0v) is 13.9. The molecule has 146 valence electrons. The number of ether oxygens (including phenoxy) is 2. The number of aromatic amines is 1. The summed E-state index contributed by atoms with van der Waals surface area (Å²) in [6, 6.07) is -1.05. The monoisotopic (exact) mass is 379 g/mol. The number of nitrogens with one attached hydrogen (secondary N) is 1. The van der Waals surface area contributed by atoms with Crippen molar-refractivity contribution < 1.29 is 33.3 Å². The first kappa shape index (κ1) is 20.2. The number of aliphatic hydroxyl groups excluding tert-OH is 2. The molecule has 0 amide bonds. The van der Waals surface area contributed by atoms with Gasteiger partial charge in [0.15, 0.2) is 12.8 Å². The molecular weight excluding hydrogens is 360 g/mol. The highest BCUT2D eigenvalue weighted by Crippen LogP contribution is 2.38. The highest BCUT2D eigenvalue weighted by Gasteiger charge is 2.57. The molecule has 0 aromatic carbocycles. The van der Waals surface area contributed by atoms with Crippen LogP contribution >= 0.6 is 0 Å². The number of halogens is 2. The predicted octanol–water partition coefficient (Wildman–Crippen LogP) is -1.88. The average Bonchev–Trinajstić information content (AvgIpc) is 2.80. The Kier molecular flexibility index (Phi) is 5.61. The first-order valence-electron chi connectivity index (χ1n) is 7.64. The van der Waals surface area contributed by atoms with Crippen LogP contribution in [0.15, 0.2) is 15.8 Å². The molecule has 0 radical (unpaired) electrons. The van der Waals surface area contributed by atoms with E-state index >= 15 is 0 Å². The first-order valence-corrected chi connectivity index (χ1v) is 7.64. The fraction of sp³-hybridized carbons (Fsp3) is 0.643. The van der Waals surface area contributed by atoms with Crippen LogP contribution in [0, 0.1) is 11.7 Å². The van der Waals surface area contributed by atoms with Crippen LogP contribution in [0.1, 0.15) is 20.1 Å². The number of aliphatic hydroxyl groups is 2. The van der Waals surface area contributed by atoms with Crippen LogP contribution < -0.4 is 17.0 Å². The third-order valence-corrected chi connectivity index (χ3v) is 3.97. The van der Waals surface area contributed by atoms with Gasteiger partial charge in [0.2, 0.25) is 5.82 Å². The molecule has 5 N–H and O–H groups in total. The topological polar surface area (TPSA) is 157 Å². The summed E-state index contributed by atoms with van der Waals surface area (Å²) in [6.45, 7) is 2.14. The molecule has 0 saturated carbocycles. The van der Waals surface area contributed by atoms with E-state index < -0.39 is 60.0 Å². The van der Waals surface area contributed by atoms with Gasteiger partial charge in [-0.25, -0.2) is 9.18 Å². The van der Waals surface area contributed by atoms with Crippen LogP contribution in [0.3, 0.4) is 0 Å². The van der Waals surface area contributed by atoms with Gasteiger partial charge in [0.25, 0.3) is 11.4 Å². The van der Waals surface area contributed by atoms with Crippen molar-refractivity contribution in [1.29, 1.82) is 0 Å². The summed E-state index contributed by atoms with van der Waals surface area (Å²) in [6.07, 6.45) is -5.71. The van der Waals surface area contributed by atoms with E-state index in [2.05, 4.69) is 4.74 Å². The van der Waals surface area contributed by atoms with E-state index in [9.17, 15) is 33.4 Å². The highest BCUT2D eigenvalue weighted by molar-refractivity contribution is 5.75. The highest BCUT2D eigenvalue weighted by atomic mass is 19.2. The minimum Gasteiger partial charge on any atom is -0.458 e. The van der Waals surface area contributed by atoms with E-state index in [4.69, 9.17) is 10.5 Å². The maximum atomic E-state index is 14.8. The number of nitrogens with zero attached hydrogens (tertiary/aromatic N) is 1. The summed E-state index contributed by atoms with van der Waals surface area (Å²) >= 11 is 0. The van der Waals surface area contributed by atoms with Crippen LogP contribution in [0.5, 0.6) is 0 Å². The Morgan fingerprint density at radius 2 is 2.12 bits per heavy atom. The maximum absolute atomic E-state index is 14.8. The van der Waals surface area contributed by atoms with Crippen molar-refractivity contribution in [2.75, 3.05) is 6.61 Å². The number of hydrogen-bond donors (Lipinski definition) is 4. The summed E-state index contributed by atoms with van der Waals surface area (Å²) in [7, 11) is 0. The Bertz CT molecular complexity index is 795. The molecule has 12 heteroatoms. The van der Waals surface area contributed by atoms with E-state index in [1.54, 1.807) is 18.8 Å². The van der Waals surface area contributed by atoms with Crippen molar-refractivity contribution in [3.8, 4) is 0 Å². The van der Waals surface area contributed by atoms with Gasteiger partial charge in [0.1, 0.15) is 18.2 Å². The lowest BCUT2D eigenvalue weighted by Gasteiger charge is -2.24. The molecule has 0 bridgehead atoms. The van der Waals surface area contributed by atoms with E-state index in [-0.39, 0.29) is 5.92 Å². The van der Waals surface area contributed by atoms with E-state index in [1.165, 1.54) is 0 Å². The summed E-state index contributed by atoms with van der Waals surface area (Å²) < 4.78 is 38.0. The lowest BCUT2D eigenvalue weighted by Crippen LogP contribution is -2.46. The van der Waals surface area contributed by atoms with Crippen LogP contribution in [0.4, 0.5) is 8.78 Å². The Morgan fingerprint density at radius 3 is 2.69 bits per heavy atom. The molecule has 2 heterocycles. The van der Waals surface area contributed by atoms with Crippen LogP contribution in [-0.4, -0.2) is 56.4 Å². The SMILES string of the molecule is CC(C)[C@H](N)C(=O)OC[C@@]1(F)O[C@@H](n2cc(F)c(=O)[nH]c2=O)[C@H](O)[C@@H]1O. The van der Waals surface area contributed by atoms with Gasteiger partial charge in [-0.15, -0.1) is 0 Å². The number of nitrogens with two attached hydrogens (primary N) is 1. The third kappa shape index (κ3) is 3.67. The summed E-state index contributed by atoms with van der Waals surface area (Å²) in [5.74, 6) is -5.73. The molecule has 5 atom stereocenters. The van der Waals surface area contributed by atoms with Gasteiger partial charge < -0.3 is 25.4 Å². The minimum absolute atomic E-state index is 0.298. The lowest BCUT2D eigenvalue weighted by atomic mass is 10.1. The van der Waals surface area contributed by atoms with Crippen LogP contribution in [0.2, 0.25) is 0 Å². The van der Waals surface area contributed by atoms with Gasteiger partial charge in [-0.3, -0.25) is 19.1 Å². The fourth-order valence-electron chi connectivity index (χ4n) is 2.28. The molecule has 0 unspecified atom stereocenters. The quantitative estimate of drug-likeness (QED) is 0.433. The first-order chi connectivity index (χ1) is 12.0. The Balaban J connectivity index is 2.21. The number of alkyl halides is 1. The smallest absolute Gasteiger partial charge is 0.330 e.